The second-order valence-corrected chi connectivity index (χ2v) is 8.95. The van der Waals surface area contributed by atoms with Crippen LogP contribution in [-0.2, 0) is 4.74 Å². The van der Waals surface area contributed by atoms with Crippen LogP contribution in [0.1, 0.15) is 50.9 Å². The molecule has 168 valence electrons. The molecule has 3 rings (SSSR count). The number of anilines is 1. The number of morpholine rings is 1. The minimum Gasteiger partial charge on any atom is -0.379 e. The molecule has 0 aromatic carbocycles. The van der Waals surface area contributed by atoms with Gasteiger partial charge in [0.2, 0.25) is 0 Å². The van der Waals surface area contributed by atoms with E-state index < -0.39 is 0 Å². The molecule has 7 heteroatoms. The number of aromatic nitrogens is 1. The van der Waals surface area contributed by atoms with E-state index in [1.54, 1.807) is 6.20 Å². The normalized spacial score (nSPS) is 19.1. The Balaban J connectivity index is 1.50. The third kappa shape index (κ3) is 6.15. The maximum atomic E-state index is 12.7. The Morgan fingerprint density at radius 2 is 1.83 bits per heavy atom. The van der Waals surface area contributed by atoms with Crippen LogP contribution >= 0.6 is 0 Å². The number of hydrogen-bond acceptors (Lipinski definition) is 6. The van der Waals surface area contributed by atoms with Crippen LogP contribution in [-0.4, -0.2) is 91.3 Å². The Kier molecular flexibility index (Phi) is 8.48. The molecule has 2 fully saturated rings. The molecule has 7 nitrogen and oxygen atoms in total. The fourth-order valence-corrected chi connectivity index (χ4v) is 4.65. The zero-order valence-electron chi connectivity index (χ0n) is 19.1. The fraction of sp³-hybridized carbons (Fsp3) is 0.739. The molecule has 0 radical (unpaired) electrons. The van der Waals surface area contributed by atoms with Gasteiger partial charge in [0.25, 0.3) is 5.91 Å². The number of ether oxygens (including phenoxy) is 1. The van der Waals surface area contributed by atoms with Gasteiger partial charge in [-0.05, 0) is 52.7 Å². The number of carbonyl (C=O) groups is 1. The molecule has 2 aliphatic heterocycles. The van der Waals surface area contributed by atoms with E-state index in [-0.39, 0.29) is 5.91 Å². The molecule has 2 aliphatic rings. The van der Waals surface area contributed by atoms with Gasteiger partial charge in [-0.25, -0.2) is 4.98 Å². The van der Waals surface area contributed by atoms with Crippen molar-refractivity contribution in [1.82, 2.24) is 20.1 Å². The van der Waals surface area contributed by atoms with Crippen LogP contribution in [0.5, 0.6) is 0 Å². The molecular formula is C23H39N5O2. The number of rotatable bonds is 8. The second-order valence-electron chi connectivity index (χ2n) is 8.95. The Hall–Kier alpha value is -1.70. The summed E-state index contributed by atoms with van der Waals surface area (Å²) in [6.45, 7) is 16.0. The van der Waals surface area contributed by atoms with Crippen molar-refractivity contribution in [2.75, 3.05) is 57.4 Å². The summed E-state index contributed by atoms with van der Waals surface area (Å²) in [5, 5.41) is 3.07. The summed E-state index contributed by atoms with van der Waals surface area (Å²) in [6, 6.07) is 5.32. The summed E-state index contributed by atoms with van der Waals surface area (Å²) >= 11 is 0. The van der Waals surface area contributed by atoms with Crippen molar-refractivity contribution in [2.45, 2.75) is 58.7 Å². The maximum Gasteiger partial charge on any atom is 0.251 e. The zero-order valence-corrected chi connectivity index (χ0v) is 19.1. The molecule has 1 N–H and O–H groups in total. The zero-order chi connectivity index (χ0) is 21.5. The van der Waals surface area contributed by atoms with Gasteiger partial charge in [-0.2, -0.15) is 0 Å². The summed E-state index contributed by atoms with van der Waals surface area (Å²) in [7, 11) is 0. The highest BCUT2D eigenvalue weighted by Crippen LogP contribution is 2.22. The molecule has 30 heavy (non-hydrogen) atoms. The minimum atomic E-state index is -0.0192. The quantitative estimate of drug-likeness (QED) is 0.700. The van der Waals surface area contributed by atoms with E-state index in [2.05, 4.69) is 52.7 Å². The molecule has 0 spiro atoms. The maximum absolute atomic E-state index is 12.7. The highest BCUT2D eigenvalue weighted by atomic mass is 16.5. The summed E-state index contributed by atoms with van der Waals surface area (Å²) in [5.41, 5.74) is 0.691. The van der Waals surface area contributed by atoms with Crippen molar-refractivity contribution in [1.29, 1.82) is 0 Å². The first-order valence-corrected chi connectivity index (χ1v) is 11.5. The van der Waals surface area contributed by atoms with Crippen molar-refractivity contribution in [3.63, 3.8) is 0 Å². The number of piperidine rings is 1. The van der Waals surface area contributed by atoms with Gasteiger partial charge in [-0.3, -0.25) is 14.6 Å². The topological polar surface area (TPSA) is 60.9 Å². The molecule has 1 aromatic heterocycles. The minimum absolute atomic E-state index is 0.0192. The Bertz CT molecular complexity index is 659. The highest BCUT2D eigenvalue weighted by Gasteiger charge is 2.26. The van der Waals surface area contributed by atoms with Crippen LogP contribution in [0.3, 0.4) is 0 Å². The molecular weight excluding hydrogens is 378 g/mol. The predicted molar refractivity (Wildman–Crippen MR) is 121 cm³/mol. The number of nitrogens with one attached hydrogen (secondary N) is 1. The summed E-state index contributed by atoms with van der Waals surface area (Å²) < 4.78 is 5.48. The molecule has 2 saturated heterocycles. The van der Waals surface area contributed by atoms with Gasteiger partial charge < -0.3 is 15.0 Å². The molecule has 1 amide bonds. The van der Waals surface area contributed by atoms with Crippen molar-refractivity contribution in [3.8, 4) is 0 Å². The third-order valence-corrected chi connectivity index (χ3v) is 6.34. The molecule has 1 aromatic rings. The molecule has 3 heterocycles. The number of pyridine rings is 1. The average molecular weight is 418 g/mol. The first-order valence-electron chi connectivity index (χ1n) is 11.5. The van der Waals surface area contributed by atoms with Crippen LogP contribution < -0.4 is 10.2 Å². The van der Waals surface area contributed by atoms with Gasteiger partial charge in [0, 0.05) is 69.2 Å². The van der Waals surface area contributed by atoms with E-state index >= 15 is 0 Å². The van der Waals surface area contributed by atoms with Gasteiger partial charge >= 0.3 is 0 Å². The fourth-order valence-electron chi connectivity index (χ4n) is 4.65. The lowest BCUT2D eigenvalue weighted by atomic mass is 10.0. The first kappa shape index (κ1) is 23.0. The second kappa shape index (κ2) is 11.1. The van der Waals surface area contributed by atoms with Crippen molar-refractivity contribution in [3.05, 3.63) is 23.9 Å². The molecule has 0 atom stereocenters. The van der Waals surface area contributed by atoms with Crippen LogP contribution in [0.25, 0.3) is 0 Å². The van der Waals surface area contributed by atoms with Crippen LogP contribution in [0.4, 0.5) is 5.82 Å². The average Bonchev–Trinajstić information content (AvgIpc) is 2.77. The van der Waals surface area contributed by atoms with E-state index in [1.807, 2.05) is 12.1 Å². The summed E-state index contributed by atoms with van der Waals surface area (Å²) in [6.07, 6.45) is 4.03. The van der Waals surface area contributed by atoms with Crippen molar-refractivity contribution in [2.24, 2.45) is 0 Å². The van der Waals surface area contributed by atoms with Crippen LogP contribution in [0.2, 0.25) is 0 Å². The van der Waals surface area contributed by atoms with E-state index in [0.717, 1.165) is 64.6 Å². The Morgan fingerprint density at radius 1 is 1.17 bits per heavy atom. The van der Waals surface area contributed by atoms with Gasteiger partial charge in [0.1, 0.15) is 5.82 Å². The van der Waals surface area contributed by atoms with Crippen LogP contribution in [0, 0.1) is 0 Å². The summed E-state index contributed by atoms with van der Waals surface area (Å²) in [4.78, 5) is 24.5. The summed E-state index contributed by atoms with van der Waals surface area (Å²) in [5.74, 6) is 0.892. The monoisotopic (exact) mass is 417 g/mol. The lowest BCUT2D eigenvalue weighted by Crippen LogP contribution is -2.49. The highest BCUT2D eigenvalue weighted by molar-refractivity contribution is 5.94. The van der Waals surface area contributed by atoms with E-state index in [4.69, 9.17) is 4.74 Å². The Labute approximate surface area is 181 Å². The predicted octanol–water partition coefficient (Wildman–Crippen LogP) is 2.23. The number of nitrogens with zero attached hydrogens (tertiary/aromatic N) is 4. The van der Waals surface area contributed by atoms with Crippen molar-refractivity contribution >= 4 is 11.7 Å². The lowest BCUT2D eigenvalue weighted by Gasteiger charge is -2.40. The SMILES string of the molecule is CC(C)N(CCNC(=O)c1ccnc(N2CCC(N3CCOCC3)CC2)c1)C(C)C. The van der Waals surface area contributed by atoms with E-state index in [9.17, 15) is 4.79 Å². The number of carbonyl (C=O) groups excluding carboxylic acids is 1. The molecule has 0 bridgehead atoms. The van der Waals surface area contributed by atoms with Gasteiger partial charge in [-0.15, -0.1) is 0 Å². The largest absolute Gasteiger partial charge is 0.379 e. The lowest BCUT2D eigenvalue weighted by molar-refractivity contribution is 0.0115. The molecule has 0 aliphatic carbocycles. The standard InChI is InChI=1S/C23H39N5O2/c1-18(2)28(19(3)4)12-9-25-23(29)20-5-8-24-22(17-20)27-10-6-21(7-11-27)26-13-15-30-16-14-26/h5,8,17-19,21H,6-7,9-16H2,1-4H3,(H,25,29). The van der Waals surface area contributed by atoms with Gasteiger partial charge in [0.15, 0.2) is 0 Å². The molecule has 0 unspecified atom stereocenters. The number of hydrogen-bond donors (Lipinski definition) is 1. The van der Waals surface area contributed by atoms with Crippen LogP contribution in [0.15, 0.2) is 18.3 Å². The van der Waals surface area contributed by atoms with Gasteiger partial charge in [-0.1, -0.05) is 0 Å². The van der Waals surface area contributed by atoms with E-state index in [0.29, 0.717) is 30.2 Å². The van der Waals surface area contributed by atoms with E-state index in [1.165, 1.54) is 0 Å². The third-order valence-electron chi connectivity index (χ3n) is 6.34. The van der Waals surface area contributed by atoms with Gasteiger partial charge in [0.05, 0.1) is 13.2 Å². The van der Waals surface area contributed by atoms with Crippen molar-refractivity contribution < 1.29 is 9.53 Å². The smallest absolute Gasteiger partial charge is 0.251 e. The Morgan fingerprint density at radius 3 is 2.47 bits per heavy atom. The number of amides is 1. The first-order chi connectivity index (χ1) is 14.5. The molecule has 0 saturated carbocycles.